The van der Waals surface area contributed by atoms with Crippen molar-refractivity contribution in [2.24, 2.45) is 4.99 Å². The molecule has 1 aromatic heterocycles. The number of carbonyl (C=O) groups excluding carboxylic acids is 1. The van der Waals surface area contributed by atoms with Crippen molar-refractivity contribution in [2.75, 3.05) is 39.3 Å². The third kappa shape index (κ3) is 4.70. The predicted molar refractivity (Wildman–Crippen MR) is 101 cm³/mol. The Bertz CT molecular complexity index is 927. The first-order valence-electron chi connectivity index (χ1n) is 8.66. The van der Waals surface area contributed by atoms with Crippen molar-refractivity contribution < 1.29 is 9.90 Å². The van der Waals surface area contributed by atoms with Crippen molar-refractivity contribution in [3.8, 4) is 5.88 Å². The highest BCUT2D eigenvalue weighted by atomic mass is 16.3. The molecule has 1 fully saturated rings. The molecule has 1 aromatic carbocycles. The van der Waals surface area contributed by atoms with Crippen molar-refractivity contribution in [3.05, 3.63) is 62.3 Å². The van der Waals surface area contributed by atoms with Gasteiger partial charge in [0.15, 0.2) is 0 Å². The van der Waals surface area contributed by atoms with Crippen LogP contribution in [0.25, 0.3) is 0 Å². The molecule has 1 aliphatic rings. The Morgan fingerprint density at radius 1 is 1.11 bits per heavy atom. The highest BCUT2D eigenvalue weighted by Gasteiger charge is 2.21. The van der Waals surface area contributed by atoms with Crippen LogP contribution in [0.15, 0.2) is 44.9 Å². The van der Waals surface area contributed by atoms with Gasteiger partial charge in [-0.05, 0) is 12.1 Å². The number of aromatic nitrogens is 2. The second-order valence-corrected chi connectivity index (χ2v) is 6.21. The molecule has 1 aliphatic heterocycles. The van der Waals surface area contributed by atoms with E-state index in [1.165, 1.54) is 6.21 Å². The van der Waals surface area contributed by atoms with E-state index >= 15 is 0 Å². The molecule has 3 rings (SSSR count). The number of H-pyrrole nitrogens is 2. The average molecular weight is 371 g/mol. The monoisotopic (exact) mass is 371 g/mol. The van der Waals surface area contributed by atoms with Gasteiger partial charge in [0.05, 0.1) is 6.54 Å². The molecule has 0 bridgehead atoms. The van der Waals surface area contributed by atoms with E-state index in [1.807, 2.05) is 40.2 Å². The highest BCUT2D eigenvalue weighted by Crippen LogP contribution is 2.08. The Balaban J connectivity index is 1.47. The topological polar surface area (TPSA) is 122 Å². The quantitative estimate of drug-likeness (QED) is 0.620. The Hall–Kier alpha value is -3.20. The van der Waals surface area contributed by atoms with Crippen LogP contribution in [0.4, 0.5) is 0 Å². The van der Waals surface area contributed by atoms with Gasteiger partial charge >= 0.3 is 5.69 Å². The molecule has 3 N–H and O–H groups in total. The molecule has 1 amide bonds. The summed E-state index contributed by atoms with van der Waals surface area (Å²) in [5, 5.41) is 9.58. The number of hydrogen-bond donors (Lipinski definition) is 3. The van der Waals surface area contributed by atoms with Gasteiger partial charge in [0.2, 0.25) is 5.88 Å². The van der Waals surface area contributed by atoms with Gasteiger partial charge in [-0.15, -0.1) is 0 Å². The number of aromatic hydroxyl groups is 1. The highest BCUT2D eigenvalue weighted by molar-refractivity contribution is 5.94. The molecule has 2 aromatic rings. The van der Waals surface area contributed by atoms with E-state index in [9.17, 15) is 19.5 Å². The first-order valence-corrected chi connectivity index (χ1v) is 8.66. The molecule has 27 heavy (non-hydrogen) atoms. The molecule has 1 saturated heterocycles. The summed E-state index contributed by atoms with van der Waals surface area (Å²) in [6.45, 7) is 3.91. The summed E-state index contributed by atoms with van der Waals surface area (Å²) in [5.74, 6) is -0.457. The lowest BCUT2D eigenvalue weighted by molar-refractivity contribution is 0.0641. The van der Waals surface area contributed by atoms with E-state index in [1.54, 1.807) is 0 Å². The number of aliphatic imine (C=N–C) groups is 1. The second-order valence-electron chi connectivity index (χ2n) is 6.21. The number of nitrogens with zero attached hydrogens (tertiary/aromatic N) is 3. The Kier molecular flexibility index (Phi) is 5.82. The second kappa shape index (κ2) is 8.45. The number of nitrogens with one attached hydrogen (secondary N) is 2. The zero-order valence-corrected chi connectivity index (χ0v) is 14.7. The maximum Gasteiger partial charge on any atom is 0.328 e. The minimum Gasteiger partial charge on any atom is -0.494 e. The van der Waals surface area contributed by atoms with E-state index in [2.05, 4.69) is 14.9 Å². The van der Waals surface area contributed by atoms with Gasteiger partial charge in [0.25, 0.3) is 11.5 Å². The summed E-state index contributed by atoms with van der Waals surface area (Å²) >= 11 is 0. The number of rotatable bonds is 5. The Morgan fingerprint density at radius 2 is 1.81 bits per heavy atom. The summed E-state index contributed by atoms with van der Waals surface area (Å²) in [4.78, 5) is 47.3. The van der Waals surface area contributed by atoms with Crippen molar-refractivity contribution in [3.63, 3.8) is 0 Å². The fourth-order valence-corrected chi connectivity index (χ4v) is 2.90. The van der Waals surface area contributed by atoms with Crippen LogP contribution in [0.5, 0.6) is 5.88 Å². The fraction of sp³-hybridized carbons (Fsp3) is 0.333. The van der Waals surface area contributed by atoms with Crippen molar-refractivity contribution >= 4 is 12.1 Å². The van der Waals surface area contributed by atoms with Crippen LogP contribution in [0.3, 0.4) is 0 Å². The third-order valence-electron chi connectivity index (χ3n) is 4.40. The van der Waals surface area contributed by atoms with Gasteiger partial charge in [-0.25, -0.2) is 4.79 Å². The minimum atomic E-state index is -0.766. The molecule has 0 spiro atoms. The summed E-state index contributed by atoms with van der Waals surface area (Å²) in [6.07, 6.45) is 1.25. The number of amides is 1. The van der Waals surface area contributed by atoms with Crippen LogP contribution in [0.1, 0.15) is 15.9 Å². The summed E-state index contributed by atoms with van der Waals surface area (Å²) in [7, 11) is 0. The Labute approximate surface area is 155 Å². The molecular weight excluding hydrogens is 350 g/mol. The summed E-state index contributed by atoms with van der Waals surface area (Å²) in [5.41, 5.74) is -0.833. The van der Waals surface area contributed by atoms with Crippen LogP contribution in [-0.2, 0) is 0 Å². The molecule has 9 heteroatoms. The Morgan fingerprint density at radius 3 is 2.48 bits per heavy atom. The van der Waals surface area contributed by atoms with Gasteiger partial charge in [-0.2, -0.15) is 0 Å². The molecule has 0 unspecified atom stereocenters. The van der Waals surface area contributed by atoms with Crippen LogP contribution in [-0.4, -0.2) is 76.3 Å². The van der Waals surface area contributed by atoms with E-state index in [0.717, 1.165) is 13.1 Å². The van der Waals surface area contributed by atoms with Gasteiger partial charge in [0.1, 0.15) is 5.56 Å². The largest absolute Gasteiger partial charge is 0.494 e. The summed E-state index contributed by atoms with van der Waals surface area (Å²) in [6, 6.07) is 9.23. The van der Waals surface area contributed by atoms with E-state index < -0.39 is 17.1 Å². The van der Waals surface area contributed by atoms with Crippen LogP contribution in [0.2, 0.25) is 0 Å². The minimum absolute atomic E-state index is 0.0426. The molecule has 9 nitrogen and oxygen atoms in total. The number of benzene rings is 1. The number of aromatic amines is 2. The van der Waals surface area contributed by atoms with E-state index in [0.29, 0.717) is 31.7 Å². The van der Waals surface area contributed by atoms with E-state index in [-0.39, 0.29) is 11.5 Å². The number of carbonyl (C=O) groups is 1. The zero-order valence-electron chi connectivity index (χ0n) is 14.7. The average Bonchev–Trinajstić information content (AvgIpc) is 2.67. The summed E-state index contributed by atoms with van der Waals surface area (Å²) < 4.78 is 0. The normalized spacial score (nSPS) is 15.3. The van der Waals surface area contributed by atoms with Gasteiger partial charge in [-0.1, -0.05) is 18.2 Å². The van der Waals surface area contributed by atoms with Gasteiger partial charge in [0, 0.05) is 44.5 Å². The smallest absolute Gasteiger partial charge is 0.328 e. The lowest BCUT2D eigenvalue weighted by Gasteiger charge is -2.34. The van der Waals surface area contributed by atoms with Crippen LogP contribution >= 0.6 is 0 Å². The molecule has 142 valence electrons. The first-order chi connectivity index (χ1) is 13.0. The van der Waals surface area contributed by atoms with Crippen LogP contribution < -0.4 is 11.2 Å². The molecule has 0 radical (unpaired) electrons. The zero-order chi connectivity index (χ0) is 19.2. The molecule has 0 saturated carbocycles. The molecule has 0 atom stereocenters. The SMILES string of the molecule is O=C(c1ccccc1)N1CCN(CCN=Cc2c(O)[nH]c(=O)[nH]c2=O)CC1. The number of hydrogen-bond acceptors (Lipinski definition) is 6. The third-order valence-corrected chi connectivity index (χ3v) is 4.40. The first kappa shape index (κ1) is 18.6. The predicted octanol–water partition coefficient (Wildman–Crippen LogP) is -0.354. The lowest BCUT2D eigenvalue weighted by Crippen LogP contribution is -2.49. The van der Waals surface area contributed by atoms with Crippen molar-refractivity contribution in [1.82, 2.24) is 19.8 Å². The van der Waals surface area contributed by atoms with Crippen molar-refractivity contribution in [1.29, 1.82) is 0 Å². The maximum atomic E-state index is 12.4. The van der Waals surface area contributed by atoms with E-state index in [4.69, 9.17) is 0 Å². The fourth-order valence-electron chi connectivity index (χ4n) is 2.90. The molecule has 0 aliphatic carbocycles. The molecular formula is C18H21N5O4. The van der Waals surface area contributed by atoms with Gasteiger partial charge in [-0.3, -0.25) is 29.4 Å². The van der Waals surface area contributed by atoms with Crippen LogP contribution in [0, 0.1) is 0 Å². The van der Waals surface area contributed by atoms with Crippen molar-refractivity contribution in [2.45, 2.75) is 0 Å². The lowest BCUT2D eigenvalue weighted by atomic mass is 10.2. The molecule has 2 heterocycles. The standard InChI is InChI=1S/C18H21N5O4/c24-15-14(16(25)21-18(27)20-15)12-19-6-7-22-8-10-23(11-9-22)17(26)13-4-2-1-3-5-13/h1-5,12H,6-11H2,(H3,20,21,24,25,27). The maximum absolute atomic E-state index is 12.4. The van der Waals surface area contributed by atoms with Gasteiger partial charge < -0.3 is 10.0 Å². The number of piperazine rings is 1.